The van der Waals surface area contributed by atoms with E-state index in [-0.39, 0.29) is 37.6 Å². The molecule has 0 spiro atoms. The SMILES string of the molecule is O=C(Nc1ccc(S(=O)(=O)Nc2cc(Cl)ccc2Oc2ccccc2)cc1F)c1ccc(Cl)cc1Cl. The Labute approximate surface area is 221 Å². The Bertz CT molecular complexity index is 1550. The summed E-state index contributed by atoms with van der Waals surface area (Å²) >= 11 is 17.9. The zero-order valence-electron chi connectivity index (χ0n) is 18.1. The van der Waals surface area contributed by atoms with E-state index in [9.17, 15) is 17.6 Å². The molecule has 2 N–H and O–H groups in total. The van der Waals surface area contributed by atoms with Gasteiger partial charge in [0.2, 0.25) is 0 Å². The van der Waals surface area contributed by atoms with Gasteiger partial charge in [0.1, 0.15) is 11.6 Å². The molecule has 184 valence electrons. The minimum atomic E-state index is -4.25. The van der Waals surface area contributed by atoms with Gasteiger partial charge in [0.25, 0.3) is 15.9 Å². The Morgan fingerprint density at radius 3 is 2.19 bits per heavy atom. The van der Waals surface area contributed by atoms with E-state index >= 15 is 0 Å². The van der Waals surface area contributed by atoms with Crippen molar-refractivity contribution in [3.05, 3.63) is 111 Å². The molecule has 0 aromatic heterocycles. The third-order valence-corrected chi connectivity index (χ3v) is 6.98. The van der Waals surface area contributed by atoms with Crippen molar-refractivity contribution in [1.29, 1.82) is 0 Å². The van der Waals surface area contributed by atoms with E-state index in [4.69, 9.17) is 39.5 Å². The molecule has 0 aliphatic heterocycles. The van der Waals surface area contributed by atoms with Crippen LogP contribution in [-0.2, 0) is 10.0 Å². The molecule has 0 aliphatic rings. The highest BCUT2D eigenvalue weighted by atomic mass is 35.5. The number of hydrogen-bond acceptors (Lipinski definition) is 4. The summed E-state index contributed by atoms with van der Waals surface area (Å²) in [6.45, 7) is 0. The zero-order valence-corrected chi connectivity index (χ0v) is 21.2. The van der Waals surface area contributed by atoms with Crippen molar-refractivity contribution in [3.8, 4) is 11.5 Å². The molecular weight excluding hydrogens is 550 g/mol. The van der Waals surface area contributed by atoms with Crippen molar-refractivity contribution < 1.29 is 22.3 Å². The number of hydrogen-bond donors (Lipinski definition) is 2. The monoisotopic (exact) mass is 564 g/mol. The van der Waals surface area contributed by atoms with Gasteiger partial charge in [-0.25, -0.2) is 12.8 Å². The third kappa shape index (κ3) is 6.09. The Balaban J connectivity index is 1.56. The van der Waals surface area contributed by atoms with Crippen molar-refractivity contribution in [1.82, 2.24) is 0 Å². The molecule has 1 amide bonds. The van der Waals surface area contributed by atoms with Gasteiger partial charge in [0.05, 0.1) is 26.9 Å². The molecule has 36 heavy (non-hydrogen) atoms. The fourth-order valence-electron chi connectivity index (χ4n) is 3.12. The molecule has 0 atom stereocenters. The van der Waals surface area contributed by atoms with E-state index in [1.807, 2.05) is 6.07 Å². The lowest BCUT2D eigenvalue weighted by molar-refractivity contribution is 0.102. The van der Waals surface area contributed by atoms with Gasteiger partial charge in [-0.2, -0.15) is 0 Å². The van der Waals surface area contributed by atoms with E-state index < -0.39 is 21.7 Å². The summed E-state index contributed by atoms with van der Waals surface area (Å²) in [5.41, 5.74) is -0.104. The molecule has 0 fully saturated rings. The largest absolute Gasteiger partial charge is 0.455 e. The molecule has 0 saturated heterocycles. The van der Waals surface area contributed by atoms with Crippen LogP contribution in [0.3, 0.4) is 0 Å². The van der Waals surface area contributed by atoms with Crippen LogP contribution in [0.5, 0.6) is 11.5 Å². The van der Waals surface area contributed by atoms with Gasteiger partial charge in [-0.3, -0.25) is 9.52 Å². The average Bonchev–Trinajstić information content (AvgIpc) is 2.82. The average molecular weight is 566 g/mol. The summed E-state index contributed by atoms with van der Waals surface area (Å²) < 4.78 is 48.9. The highest BCUT2D eigenvalue weighted by molar-refractivity contribution is 7.92. The molecule has 6 nitrogen and oxygen atoms in total. The van der Waals surface area contributed by atoms with E-state index in [2.05, 4.69) is 10.0 Å². The second-order valence-electron chi connectivity index (χ2n) is 7.38. The van der Waals surface area contributed by atoms with Gasteiger partial charge in [-0.05, 0) is 66.7 Å². The number of carbonyl (C=O) groups excluding carboxylic acids is 1. The minimum absolute atomic E-state index is 0.0570. The van der Waals surface area contributed by atoms with Crippen LogP contribution in [0.1, 0.15) is 10.4 Å². The second kappa shape index (κ2) is 10.8. The molecule has 4 aromatic rings. The quantitative estimate of drug-likeness (QED) is 0.241. The minimum Gasteiger partial charge on any atom is -0.455 e. The number of halogens is 4. The van der Waals surface area contributed by atoms with Gasteiger partial charge in [-0.1, -0.05) is 53.0 Å². The Morgan fingerprint density at radius 2 is 1.50 bits per heavy atom. The standard InChI is InChI=1S/C25H16Cl3FN2O4S/c26-15-6-9-19(20(28)12-15)25(32)30-22-10-8-18(14-21(22)29)36(33,34)31-23-13-16(27)7-11-24(23)35-17-4-2-1-3-5-17/h1-14,31H,(H,30,32). The molecule has 4 aromatic carbocycles. The summed E-state index contributed by atoms with van der Waals surface area (Å²) in [5.74, 6) is -0.986. The van der Waals surface area contributed by atoms with Crippen LogP contribution >= 0.6 is 34.8 Å². The normalized spacial score (nSPS) is 11.1. The molecule has 4 rings (SSSR count). The van der Waals surface area contributed by atoms with Gasteiger partial charge >= 0.3 is 0 Å². The lowest BCUT2D eigenvalue weighted by Gasteiger charge is -2.15. The van der Waals surface area contributed by atoms with Crippen molar-refractivity contribution in [2.24, 2.45) is 0 Å². The fourth-order valence-corrected chi connectivity index (χ4v) is 4.86. The smallest absolute Gasteiger partial charge is 0.262 e. The van der Waals surface area contributed by atoms with Gasteiger partial charge in [-0.15, -0.1) is 0 Å². The molecule has 0 heterocycles. The fraction of sp³-hybridized carbons (Fsp3) is 0. The number of rotatable bonds is 7. The first-order valence-electron chi connectivity index (χ1n) is 10.2. The van der Waals surface area contributed by atoms with Crippen LogP contribution in [0.25, 0.3) is 0 Å². The van der Waals surface area contributed by atoms with E-state index in [0.717, 1.165) is 18.2 Å². The van der Waals surface area contributed by atoms with Crippen LogP contribution in [0, 0.1) is 5.82 Å². The molecule has 0 unspecified atom stereocenters. The Kier molecular flexibility index (Phi) is 7.70. The van der Waals surface area contributed by atoms with Crippen LogP contribution in [0.4, 0.5) is 15.8 Å². The number of anilines is 2. The molecule has 0 saturated carbocycles. The lowest BCUT2D eigenvalue weighted by Crippen LogP contribution is -2.16. The predicted octanol–water partition coefficient (Wildman–Crippen LogP) is 7.63. The summed E-state index contributed by atoms with van der Waals surface area (Å²) in [7, 11) is -4.25. The number of ether oxygens (including phenoxy) is 1. The summed E-state index contributed by atoms with van der Waals surface area (Å²) in [6.07, 6.45) is 0. The Morgan fingerprint density at radius 1 is 0.806 bits per heavy atom. The topological polar surface area (TPSA) is 84.5 Å². The predicted molar refractivity (Wildman–Crippen MR) is 140 cm³/mol. The summed E-state index contributed by atoms with van der Waals surface area (Å²) in [6, 6.07) is 20.4. The molecule has 0 bridgehead atoms. The highest BCUT2D eigenvalue weighted by Gasteiger charge is 2.20. The van der Waals surface area contributed by atoms with E-state index in [1.54, 1.807) is 30.3 Å². The maximum absolute atomic E-state index is 14.8. The molecule has 11 heteroatoms. The molecular formula is C25H16Cl3FN2O4S. The second-order valence-corrected chi connectivity index (χ2v) is 10.3. The van der Waals surface area contributed by atoms with E-state index in [0.29, 0.717) is 10.8 Å². The molecule has 0 aliphatic carbocycles. The van der Waals surface area contributed by atoms with E-state index in [1.165, 1.54) is 30.3 Å². The maximum atomic E-state index is 14.8. The van der Waals surface area contributed by atoms with Crippen LogP contribution in [0.2, 0.25) is 15.1 Å². The number of benzene rings is 4. The van der Waals surface area contributed by atoms with Gasteiger partial charge < -0.3 is 10.1 Å². The summed E-state index contributed by atoms with van der Waals surface area (Å²) in [5, 5.41) is 3.04. The first-order chi connectivity index (χ1) is 17.1. The van der Waals surface area contributed by atoms with Gasteiger partial charge in [0, 0.05) is 10.0 Å². The number of amides is 1. The maximum Gasteiger partial charge on any atom is 0.262 e. The summed E-state index contributed by atoms with van der Waals surface area (Å²) in [4.78, 5) is 12.1. The van der Waals surface area contributed by atoms with Crippen LogP contribution in [0.15, 0.2) is 89.8 Å². The third-order valence-electron chi connectivity index (χ3n) is 4.83. The zero-order chi connectivity index (χ0) is 25.9. The van der Waals surface area contributed by atoms with Crippen LogP contribution in [-0.4, -0.2) is 14.3 Å². The lowest BCUT2D eigenvalue weighted by atomic mass is 10.2. The number of nitrogens with one attached hydrogen (secondary N) is 2. The van der Waals surface area contributed by atoms with Crippen LogP contribution < -0.4 is 14.8 Å². The number of carbonyl (C=O) groups is 1. The first-order valence-corrected chi connectivity index (χ1v) is 12.9. The van der Waals surface area contributed by atoms with Crippen molar-refractivity contribution in [3.63, 3.8) is 0 Å². The first kappa shape index (κ1) is 25.8. The number of sulfonamides is 1. The highest BCUT2D eigenvalue weighted by Crippen LogP contribution is 2.34. The number of para-hydroxylation sites is 1. The van der Waals surface area contributed by atoms with Crippen molar-refractivity contribution >= 4 is 62.1 Å². The Hall–Kier alpha value is -3.30. The van der Waals surface area contributed by atoms with Gasteiger partial charge in [0.15, 0.2) is 5.75 Å². The van der Waals surface area contributed by atoms with Crippen molar-refractivity contribution in [2.75, 3.05) is 10.0 Å². The van der Waals surface area contributed by atoms with Crippen molar-refractivity contribution in [2.45, 2.75) is 4.90 Å². The molecule has 0 radical (unpaired) electrons.